The predicted molar refractivity (Wildman–Crippen MR) is 125 cm³/mol. The van der Waals surface area contributed by atoms with Crippen molar-refractivity contribution in [3.8, 4) is 0 Å². The summed E-state index contributed by atoms with van der Waals surface area (Å²) >= 11 is 0. The molecule has 164 valence electrons. The van der Waals surface area contributed by atoms with Crippen LogP contribution in [-0.2, 0) is 12.8 Å². The lowest BCUT2D eigenvalue weighted by Crippen LogP contribution is -2.36. The highest BCUT2D eigenvalue weighted by molar-refractivity contribution is 6.02. The molecule has 0 bridgehead atoms. The van der Waals surface area contributed by atoms with Gasteiger partial charge in [0.05, 0.1) is 6.04 Å². The highest BCUT2D eigenvalue weighted by atomic mass is 16.2. The number of hydrogen-bond acceptors (Lipinski definition) is 3. The van der Waals surface area contributed by atoms with E-state index in [9.17, 15) is 14.4 Å². The monoisotopic (exact) mass is 428 g/mol. The second kappa shape index (κ2) is 8.95. The van der Waals surface area contributed by atoms with Crippen LogP contribution in [0.25, 0.3) is 0 Å². The van der Waals surface area contributed by atoms with Gasteiger partial charge in [-0.15, -0.1) is 0 Å². The molecule has 1 aromatic heterocycles. The Morgan fingerprint density at radius 2 is 1.66 bits per heavy atom. The average molecular weight is 429 g/mol. The first-order valence-corrected chi connectivity index (χ1v) is 11.0. The van der Waals surface area contributed by atoms with Crippen LogP contribution in [0.3, 0.4) is 0 Å². The number of H-pyrrole nitrogens is 1. The van der Waals surface area contributed by atoms with Crippen molar-refractivity contribution >= 4 is 11.7 Å². The standard InChI is InChI=1S/C27H28N2O3/c1-27(2)16-23-20(24(30)17-27)15-21(26(32)29-23)25(31)28-22(19-11-7-4-8-12-19)14-13-18-9-5-3-6-10-18/h3-12,15,22H,13-14,16-17H2,1-2H3,(H,28,31)(H,29,32). The lowest BCUT2D eigenvalue weighted by atomic mass is 9.75. The Morgan fingerprint density at radius 1 is 1.00 bits per heavy atom. The van der Waals surface area contributed by atoms with Gasteiger partial charge in [0.1, 0.15) is 5.56 Å². The lowest BCUT2D eigenvalue weighted by molar-refractivity contribution is 0.0910. The van der Waals surface area contributed by atoms with Gasteiger partial charge in [-0.25, -0.2) is 0 Å². The molecule has 1 aliphatic rings. The van der Waals surface area contributed by atoms with E-state index in [1.807, 2.05) is 62.4 Å². The number of amides is 1. The molecule has 2 aromatic carbocycles. The molecular weight excluding hydrogens is 400 g/mol. The number of carbonyl (C=O) groups excluding carboxylic acids is 2. The van der Waals surface area contributed by atoms with E-state index in [2.05, 4.69) is 22.4 Å². The number of hydrogen-bond donors (Lipinski definition) is 2. The smallest absolute Gasteiger partial charge is 0.261 e. The van der Waals surface area contributed by atoms with Crippen LogP contribution in [0.1, 0.15) is 70.3 Å². The summed E-state index contributed by atoms with van der Waals surface area (Å²) in [4.78, 5) is 41.3. The van der Waals surface area contributed by atoms with Crippen LogP contribution in [0.5, 0.6) is 0 Å². The number of aromatic nitrogens is 1. The summed E-state index contributed by atoms with van der Waals surface area (Å²) in [6.07, 6.45) is 2.48. The third kappa shape index (κ3) is 4.88. The molecule has 32 heavy (non-hydrogen) atoms. The summed E-state index contributed by atoms with van der Waals surface area (Å²) < 4.78 is 0. The van der Waals surface area contributed by atoms with Gasteiger partial charge >= 0.3 is 0 Å². The van der Waals surface area contributed by atoms with Crippen molar-refractivity contribution in [2.24, 2.45) is 5.41 Å². The molecule has 1 amide bonds. The van der Waals surface area contributed by atoms with Crippen molar-refractivity contribution in [3.63, 3.8) is 0 Å². The van der Waals surface area contributed by atoms with Crippen LogP contribution >= 0.6 is 0 Å². The number of aromatic amines is 1. The van der Waals surface area contributed by atoms with Gasteiger partial charge in [-0.2, -0.15) is 0 Å². The predicted octanol–water partition coefficient (Wildman–Crippen LogP) is 4.63. The minimum absolute atomic E-state index is 0.0163. The van der Waals surface area contributed by atoms with Crippen molar-refractivity contribution in [2.45, 2.75) is 45.6 Å². The first kappa shape index (κ1) is 21.8. The number of rotatable bonds is 6. The molecule has 1 aliphatic carbocycles. The quantitative estimate of drug-likeness (QED) is 0.601. The van der Waals surface area contributed by atoms with Crippen LogP contribution in [0.15, 0.2) is 71.5 Å². The summed E-state index contributed by atoms with van der Waals surface area (Å²) in [5, 5.41) is 3.03. The maximum atomic E-state index is 13.1. The van der Waals surface area contributed by atoms with E-state index in [1.54, 1.807) is 0 Å². The Morgan fingerprint density at radius 3 is 2.34 bits per heavy atom. The van der Waals surface area contributed by atoms with Crippen molar-refractivity contribution in [1.82, 2.24) is 10.3 Å². The fourth-order valence-electron chi connectivity index (χ4n) is 4.40. The van der Waals surface area contributed by atoms with Crippen LogP contribution in [0.4, 0.5) is 0 Å². The fourth-order valence-corrected chi connectivity index (χ4v) is 4.40. The van der Waals surface area contributed by atoms with Gasteiger partial charge in [0.15, 0.2) is 5.78 Å². The zero-order valence-corrected chi connectivity index (χ0v) is 18.5. The molecule has 4 rings (SSSR count). The molecule has 0 saturated heterocycles. The fraction of sp³-hybridized carbons (Fsp3) is 0.296. The Bertz CT molecular complexity index is 1180. The molecule has 0 radical (unpaired) electrons. The SMILES string of the molecule is CC1(C)CC(=O)c2cc(C(=O)NC(CCc3ccccc3)c3ccccc3)c(=O)[nH]c2C1. The number of aryl methyl sites for hydroxylation is 1. The number of benzene rings is 2. The van der Waals surface area contributed by atoms with Gasteiger partial charge in [-0.3, -0.25) is 14.4 Å². The Hall–Kier alpha value is -3.47. The molecule has 0 aliphatic heterocycles. The van der Waals surface area contributed by atoms with Crippen molar-refractivity contribution in [1.29, 1.82) is 0 Å². The van der Waals surface area contributed by atoms with Crippen LogP contribution in [-0.4, -0.2) is 16.7 Å². The number of pyridine rings is 1. The summed E-state index contributed by atoms with van der Waals surface area (Å²) in [5.74, 6) is -0.501. The number of fused-ring (bicyclic) bond motifs is 1. The zero-order chi connectivity index (χ0) is 22.7. The van der Waals surface area contributed by atoms with Crippen LogP contribution in [0, 0.1) is 5.41 Å². The van der Waals surface area contributed by atoms with E-state index in [-0.39, 0.29) is 22.8 Å². The normalized spacial score (nSPS) is 15.6. The molecular formula is C27H28N2O3. The van der Waals surface area contributed by atoms with Gasteiger partial charge < -0.3 is 10.3 Å². The van der Waals surface area contributed by atoms with E-state index in [4.69, 9.17) is 0 Å². The molecule has 0 spiro atoms. The van der Waals surface area contributed by atoms with E-state index in [0.717, 1.165) is 12.0 Å². The Kier molecular flexibility index (Phi) is 6.08. The Labute approximate surface area is 187 Å². The highest BCUT2D eigenvalue weighted by Gasteiger charge is 2.33. The molecule has 0 fully saturated rings. The van der Waals surface area contributed by atoms with Gasteiger partial charge in [-0.05, 0) is 41.9 Å². The van der Waals surface area contributed by atoms with Crippen molar-refractivity contribution in [2.75, 3.05) is 0 Å². The van der Waals surface area contributed by atoms with E-state index in [1.165, 1.54) is 11.6 Å². The number of nitrogens with one attached hydrogen (secondary N) is 2. The first-order chi connectivity index (χ1) is 15.3. The molecule has 5 nitrogen and oxygen atoms in total. The minimum atomic E-state index is -0.464. The van der Waals surface area contributed by atoms with Crippen molar-refractivity contribution in [3.05, 3.63) is 105 Å². The molecule has 1 heterocycles. The summed E-state index contributed by atoms with van der Waals surface area (Å²) in [6.45, 7) is 4.01. The van der Waals surface area contributed by atoms with Gasteiger partial charge in [0.25, 0.3) is 11.5 Å². The van der Waals surface area contributed by atoms with E-state index < -0.39 is 11.5 Å². The van der Waals surface area contributed by atoms with Crippen LogP contribution < -0.4 is 10.9 Å². The Balaban J connectivity index is 1.59. The molecule has 0 saturated carbocycles. The van der Waals surface area contributed by atoms with E-state index >= 15 is 0 Å². The summed E-state index contributed by atoms with van der Waals surface area (Å²) in [7, 11) is 0. The van der Waals surface area contributed by atoms with Crippen molar-refractivity contribution < 1.29 is 9.59 Å². The van der Waals surface area contributed by atoms with E-state index in [0.29, 0.717) is 30.5 Å². The lowest BCUT2D eigenvalue weighted by Gasteiger charge is -2.29. The second-order valence-electron chi connectivity index (χ2n) is 9.31. The largest absolute Gasteiger partial charge is 0.345 e. The molecule has 5 heteroatoms. The minimum Gasteiger partial charge on any atom is -0.345 e. The molecule has 3 aromatic rings. The van der Waals surface area contributed by atoms with Gasteiger partial charge in [0.2, 0.25) is 0 Å². The second-order valence-corrected chi connectivity index (χ2v) is 9.31. The van der Waals surface area contributed by atoms with Gasteiger partial charge in [-0.1, -0.05) is 74.5 Å². The number of carbonyl (C=O) groups is 2. The van der Waals surface area contributed by atoms with Gasteiger partial charge in [0, 0.05) is 17.7 Å². The maximum Gasteiger partial charge on any atom is 0.261 e. The summed E-state index contributed by atoms with van der Waals surface area (Å²) in [6, 6.07) is 21.0. The first-order valence-electron chi connectivity index (χ1n) is 11.0. The average Bonchev–Trinajstić information content (AvgIpc) is 2.76. The number of Topliss-reactive ketones (excluding diaryl/α,β-unsaturated/α-hetero) is 1. The summed E-state index contributed by atoms with van der Waals surface area (Å²) in [5.41, 5.74) is 2.56. The molecule has 1 unspecified atom stereocenters. The maximum absolute atomic E-state index is 13.1. The highest BCUT2D eigenvalue weighted by Crippen LogP contribution is 2.33. The molecule has 2 N–H and O–H groups in total. The zero-order valence-electron chi connectivity index (χ0n) is 18.5. The molecule has 1 atom stereocenters. The number of ketones is 1. The third-order valence-electron chi connectivity index (χ3n) is 6.03. The van der Waals surface area contributed by atoms with Crippen LogP contribution in [0.2, 0.25) is 0 Å². The topological polar surface area (TPSA) is 79.0 Å². The third-order valence-corrected chi connectivity index (χ3v) is 6.03.